The van der Waals surface area contributed by atoms with Crippen molar-refractivity contribution in [2.45, 2.75) is 18.9 Å². The van der Waals surface area contributed by atoms with Gasteiger partial charge in [0.2, 0.25) is 5.95 Å². The lowest BCUT2D eigenvalue weighted by molar-refractivity contribution is 0.0709. The summed E-state index contributed by atoms with van der Waals surface area (Å²) >= 11 is 0. The Morgan fingerprint density at radius 1 is 1.19 bits per heavy atom. The largest absolute Gasteiger partial charge is 0.342 e. The van der Waals surface area contributed by atoms with Gasteiger partial charge in [-0.3, -0.25) is 9.48 Å². The molecule has 1 aromatic carbocycles. The van der Waals surface area contributed by atoms with Gasteiger partial charge in [0.15, 0.2) is 0 Å². The fourth-order valence-corrected chi connectivity index (χ4v) is 3.77. The number of nitrogens with zero attached hydrogens (tertiary/aromatic N) is 6. The molecular weight excluding hydrogens is 328 g/mol. The smallest absolute Gasteiger partial charge is 0.257 e. The number of carbonyl (C=O) groups is 1. The molecule has 0 N–H and O–H groups in total. The van der Waals surface area contributed by atoms with E-state index in [9.17, 15) is 4.79 Å². The minimum atomic E-state index is 0.0410. The standard InChI is InChI=1S/C19H24N6O/c1-22-13-14(12-20-22)18(26)23(2)15-8-10-25(11-9-15)19-21-16-6-4-5-7-17(16)24(19)3/h4-7,12-13,15H,8-11H2,1-3H3. The molecule has 0 spiro atoms. The quantitative estimate of drug-likeness (QED) is 0.724. The molecule has 3 aromatic rings. The first-order chi connectivity index (χ1) is 12.5. The molecule has 1 fully saturated rings. The van der Waals surface area contributed by atoms with Crippen LogP contribution in [0.4, 0.5) is 5.95 Å². The van der Waals surface area contributed by atoms with Crippen LogP contribution >= 0.6 is 0 Å². The van der Waals surface area contributed by atoms with Crippen molar-refractivity contribution in [3.8, 4) is 0 Å². The van der Waals surface area contributed by atoms with E-state index >= 15 is 0 Å². The highest BCUT2D eigenvalue weighted by atomic mass is 16.2. The van der Waals surface area contributed by atoms with Gasteiger partial charge in [0.05, 0.1) is 22.8 Å². The maximum absolute atomic E-state index is 12.6. The van der Waals surface area contributed by atoms with Gasteiger partial charge in [-0.1, -0.05) is 12.1 Å². The number of anilines is 1. The van der Waals surface area contributed by atoms with Crippen LogP contribution in [0.5, 0.6) is 0 Å². The fraction of sp³-hybridized carbons (Fsp3) is 0.421. The number of aromatic nitrogens is 4. The minimum Gasteiger partial charge on any atom is -0.342 e. The summed E-state index contributed by atoms with van der Waals surface area (Å²) in [5.74, 6) is 1.05. The van der Waals surface area contributed by atoms with Crippen molar-refractivity contribution in [3.05, 3.63) is 42.2 Å². The summed E-state index contributed by atoms with van der Waals surface area (Å²) in [7, 11) is 5.78. The van der Waals surface area contributed by atoms with Crippen LogP contribution in [0.15, 0.2) is 36.7 Å². The second-order valence-electron chi connectivity index (χ2n) is 7.00. The van der Waals surface area contributed by atoms with Crippen LogP contribution in [0.25, 0.3) is 11.0 Å². The Morgan fingerprint density at radius 2 is 1.92 bits per heavy atom. The van der Waals surface area contributed by atoms with Crippen molar-refractivity contribution in [3.63, 3.8) is 0 Å². The maximum Gasteiger partial charge on any atom is 0.257 e. The Hall–Kier alpha value is -2.83. The molecule has 0 aliphatic carbocycles. The number of fused-ring (bicyclic) bond motifs is 1. The number of aryl methyl sites for hydroxylation is 2. The van der Waals surface area contributed by atoms with E-state index in [1.165, 1.54) is 0 Å². The third-order valence-corrected chi connectivity index (χ3v) is 5.33. The van der Waals surface area contributed by atoms with E-state index in [2.05, 4.69) is 27.7 Å². The number of benzene rings is 1. The monoisotopic (exact) mass is 352 g/mol. The van der Waals surface area contributed by atoms with Crippen LogP contribution in [-0.2, 0) is 14.1 Å². The SMILES string of the molecule is CN(C(=O)c1cnn(C)c1)C1CCN(c2nc3ccccc3n2C)CC1. The molecule has 1 saturated heterocycles. The second kappa shape index (κ2) is 6.48. The number of rotatable bonds is 3. The van der Waals surface area contributed by atoms with E-state index in [1.807, 2.05) is 37.2 Å². The van der Waals surface area contributed by atoms with Crippen LogP contribution in [0.1, 0.15) is 23.2 Å². The number of imidazole rings is 1. The molecule has 1 amide bonds. The molecule has 26 heavy (non-hydrogen) atoms. The molecular formula is C19H24N6O. The van der Waals surface area contributed by atoms with Crippen LogP contribution in [0.3, 0.4) is 0 Å². The Balaban J connectivity index is 1.45. The number of carbonyl (C=O) groups excluding carboxylic acids is 1. The summed E-state index contributed by atoms with van der Waals surface area (Å²) in [4.78, 5) is 21.6. The van der Waals surface area contributed by atoms with E-state index in [4.69, 9.17) is 4.98 Å². The van der Waals surface area contributed by atoms with Gasteiger partial charge in [-0.05, 0) is 25.0 Å². The number of piperidine rings is 1. The Bertz CT molecular complexity index is 935. The van der Waals surface area contributed by atoms with Gasteiger partial charge in [0.25, 0.3) is 5.91 Å². The molecule has 4 rings (SSSR count). The molecule has 136 valence electrons. The first kappa shape index (κ1) is 16.6. The van der Waals surface area contributed by atoms with Gasteiger partial charge >= 0.3 is 0 Å². The number of para-hydroxylation sites is 2. The zero-order valence-corrected chi connectivity index (χ0v) is 15.5. The highest BCUT2D eigenvalue weighted by Gasteiger charge is 2.28. The van der Waals surface area contributed by atoms with Gasteiger partial charge in [0.1, 0.15) is 0 Å². The molecule has 0 unspecified atom stereocenters. The lowest BCUT2D eigenvalue weighted by Gasteiger charge is -2.37. The van der Waals surface area contributed by atoms with E-state index in [0.29, 0.717) is 5.56 Å². The molecule has 0 radical (unpaired) electrons. The molecule has 0 bridgehead atoms. The average Bonchev–Trinajstić information content (AvgIpc) is 3.25. The first-order valence-corrected chi connectivity index (χ1v) is 8.97. The normalized spacial score (nSPS) is 15.6. The summed E-state index contributed by atoms with van der Waals surface area (Å²) in [6.07, 6.45) is 5.28. The van der Waals surface area contributed by atoms with E-state index < -0.39 is 0 Å². The molecule has 1 aliphatic rings. The van der Waals surface area contributed by atoms with E-state index in [1.54, 1.807) is 17.1 Å². The maximum atomic E-state index is 12.6. The third-order valence-electron chi connectivity index (χ3n) is 5.33. The molecule has 2 aromatic heterocycles. The topological polar surface area (TPSA) is 59.2 Å². The third kappa shape index (κ3) is 2.83. The lowest BCUT2D eigenvalue weighted by atomic mass is 10.0. The summed E-state index contributed by atoms with van der Waals surface area (Å²) in [6.45, 7) is 1.79. The Morgan fingerprint density at radius 3 is 2.58 bits per heavy atom. The highest BCUT2D eigenvalue weighted by Crippen LogP contribution is 2.25. The number of hydrogen-bond acceptors (Lipinski definition) is 4. The molecule has 7 nitrogen and oxygen atoms in total. The summed E-state index contributed by atoms with van der Waals surface area (Å²) < 4.78 is 3.82. The van der Waals surface area contributed by atoms with E-state index in [-0.39, 0.29) is 11.9 Å². The number of amides is 1. The summed E-state index contributed by atoms with van der Waals surface area (Å²) in [5, 5.41) is 4.10. The predicted octanol–water partition coefficient (Wildman–Crippen LogP) is 2.05. The van der Waals surface area contributed by atoms with Crippen molar-refractivity contribution in [1.82, 2.24) is 24.2 Å². The highest BCUT2D eigenvalue weighted by molar-refractivity contribution is 5.93. The van der Waals surface area contributed by atoms with Crippen LogP contribution in [0, 0.1) is 0 Å². The number of hydrogen-bond donors (Lipinski definition) is 0. The van der Waals surface area contributed by atoms with Crippen molar-refractivity contribution in [2.75, 3.05) is 25.0 Å². The summed E-state index contributed by atoms with van der Waals surface area (Å²) in [6, 6.07) is 8.45. The minimum absolute atomic E-state index is 0.0410. The molecule has 3 heterocycles. The zero-order valence-electron chi connectivity index (χ0n) is 15.5. The van der Waals surface area contributed by atoms with Crippen molar-refractivity contribution in [1.29, 1.82) is 0 Å². The molecule has 1 aliphatic heterocycles. The van der Waals surface area contributed by atoms with Crippen molar-refractivity contribution in [2.24, 2.45) is 14.1 Å². The lowest BCUT2D eigenvalue weighted by Crippen LogP contribution is -2.46. The van der Waals surface area contributed by atoms with Crippen molar-refractivity contribution < 1.29 is 4.79 Å². The average molecular weight is 352 g/mol. The Labute approximate surface area is 152 Å². The van der Waals surface area contributed by atoms with Gasteiger partial charge < -0.3 is 14.4 Å². The van der Waals surface area contributed by atoms with Gasteiger partial charge in [-0.25, -0.2) is 4.98 Å². The molecule has 0 saturated carbocycles. The van der Waals surface area contributed by atoms with Gasteiger partial charge in [-0.2, -0.15) is 5.10 Å². The van der Waals surface area contributed by atoms with Crippen LogP contribution in [0.2, 0.25) is 0 Å². The zero-order chi connectivity index (χ0) is 18.3. The predicted molar refractivity (Wildman–Crippen MR) is 101 cm³/mol. The van der Waals surface area contributed by atoms with Crippen LogP contribution < -0.4 is 4.90 Å². The fourth-order valence-electron chi connectivity index (χ4n) is 3.77. The van der Waals surface area contributed by atoms with E-state index in [0.717, 1.165) is 42.9 Å². The van der Waals surface area contributed by atoms with Gasteiger partial charge in [-0.15, -0.1) is 0 Å². The summed E-state index contributed by atoms with van der Waals surface area (Å²) in [5.41, 5.74) is 2.82. The molecule has 7 heteroatoms. The first-order valence-electron chi connectivity index (χ1n) is 8.97. The Kier molecular flexibility index (Phi) is 4.14. The second-order valence-corrected chi connectivity index (χ2v) is 7.00. The van der Waals surface area contributed by atoms with Crippen LogP contribution in [-0.4, -0.2) is 56.3 Å². The molecule has 0 atom stereocenters. The van der Waals surface area contributed by atoms with Gasteiger partial charge in [0, 0.05) is 46.5 Å². The van der Waals surface area contributed by atoms with Crippen molar-refractivity contribution >= 4 is 22.9 Å².